The summed E-state index contributed by atoms with van der Waals surface area (Å²) in [6.45, 7) is 5.06. The van der Waals surface area contributed by atoms with E-state index in [0.29, 0.717) is 11.2 Å². The van der Waals surface area contributed by atoms with Gasteiger partial charge in [-0.05, 0) is 57.0 Å². The number of likely N-dealkylation sites (tertiary alicyclic amines) is 1. The Morgan fingerprint density at radius 3 is 2.73 bits per heavy atom. The number of anilines is 1. The molecule has 0 radical (unpaired) electrons. The molecular formula is C23H22N6O4. The highest BCUT2D eigenvalue weighted by Gasteiger charge is 2.42. The number of carbonyl (C=O) groups is 3. The summed E-state index contributed by atoms with van der Waals surface area (Å²) in [6, 6.07) is 11.9. The van der Waals surface area contributed by atoms with E-state index in [1.807, 2.05) is 12.1 Å². The van der Waals surface area contributed by atoms with Gasteiger partial charge in [-0.2, -0.15) is 10.2 Å². The zero-order valence-electron chi connectivity index (χ0n) is 18.4. The fraction of sp³-hybridized carbons (Fsp3) is 0.304. The van der Waals surface area contributed by atoms with E-state index < -0.39 is 29.6 Å². The van der Waals surface area contributed by atoms with E-state index in [1.54, 1.807) is 51.2 Å². The Kier molecular flexibility index (Phi) is 5.55. The van der Waals surface area contributed by atoms with Crippen LogP contribution in [0.4, 0.5) is 10.7 Å². The molecule has 1 N–H and O–H groups in total. The van der Waals surface area contributed by atoms with Gasteiger partial charge in [0.15, 0.2) is 5.65 Å². The number of carbonyl (C=O) groups excluding carboxylic acids is 3. The minimum atomic E-state index is -0.997. The molecule has 0 saturated carbocycles. The molecule has 3 amide bonds. The van der Waals surface area contributed by atoms with Crippen LogP contribution in [0.1, 0.15) is 39.2 Å². The first-order chi connectivity index (χ1) is 15.6. The van der Waals surface area contributed by atoms with Gasteiger partial charge in [-0.15, -0.1) is 5.10 Å². The molecule has 0 aliphatic carbocycles. The monoisotopic (exact) mass is 446 g/mol. The van der Waals surface area contributed by atoms with Gasteiger partial charge in [0, 0.05) is 18.2 Å². The van der Waals surface area contributed by atoms with E-state index in [0.717, 1.165) is 16.0 Å². The van der Waals surface area contributed by atoms with Crippen molar-refractivity contribution < 1.29 is 19.1 Å². The zero-order valence-corrected chi connectivity index (χ0v) is 18.4. The SMILES string of the molecule is CC(C)(C)OC(=O)N1C(=O)CC[C@@H]1C(=O)Nc1nc2ccc(-c3cccc(C#N)c3)cn2n1. The molecule has 0 spiro atoms. The van der Waals surface area contributed by atoms with Crippen LogP contribution in [0.5, 0.6) is 0 Å². The van der Waals surface area contributed by atoms with Crippen LogP contribution in [-0.4, -0.2) is 49.0 Å². The Morgan fingerprint density at radius 1 is 1.21 bits per heavy atom. The molecule has 0 bridgehead atoms. The summed E-state index contributed by atoms with van der Waals surface area (Å²) >= 11 is 0. The number of nitrogens with zero attached hydrogens (tertiary/aromatic N) is 5. The van der Waals surface area contributed by atoms with Crippen LogP contribution in [0.3, 0.4) is 0 Å². The van der Waals surface area contributed by atoms with E-state index in [1.165, 1.54) is 4.52 Å². The van der Waals surface area contributed by atoms with Gasteiger partial charge in [-0.25, -0.2) is 14.2 Å². The van der Waals surface area contributed by atoms with Crippen molar-refractivity contribution in [3.63, 3.8) is 0 Å². The molecule has 10 heteroatoms. The fourth-order valence-corrected chi connectivity index (χ4v) is 3.54. The van der Waals surface area contributed by atoms with Gasteiger partial charge < -0.3 is 4.74 Å². The molecule has 10 nitrogen and oxygen atoms in total. The Labute approximate surface area is 189 Å². The first-order valence-electron chi connectivity index (χ1n) is 10.4. The number of benzene rings is 1. The van der Waals surface area contributed by atoms with Crippen molar-refractivity contribution >= 4 is 29.5 Å². The second kappa shape index (κ2) is 8.35. The van der Waals surface area contributed by atoms with Gasteiger partial charge in [-0.1, -0.05) is 12.1 Å². The summed E-state index contributed by atoms with van der Waals surface area (Å²) in [5.74, 6) is -0.979. The Morgan fingerprint density at radius 2 is 2.00 bits per heavy atom. The van der Waals surface area contributed by atoms with Crippen molar-refractivity contribution in [1.29, 1.82) is 5.26 Å². The Hall–Kier alpha value is -4.26. The predicted molar refractivity (Wildman–Crippen MR) is 118 cm³/mol. The van der Waals surface area contributed by atoms with Crippen molar-refractivity contribution in [2.24, 2.45) is 0 Å². The smallest absolute Gasteiger partial charge is 0.417 e. The summed E-state index contributed by atoms with van der Waals surface area (Å²) in [6.07, 6.45) is 1.15. The van der Waals surface area contributed by atoms with E-state index in [-0.39, 0.29) is 18.8 Å². The number of pyridine rings is 1. The van der Waals surface area contributed by atoms with Crippen LogP contribution >= 0.6 is 0 Å². The molecule has 1 aliphatic heterocycles. The van der Waals surface area contributed by atoms with Crippen LogP contribution in [0, 0.1) is 11.3 Å². The van der Waals surface area contributed by atoms with Gasteiger partial charge in [0.25, 0.3) is 0 Å². The molecule has 1 aromatic carbocycles. The average Bonchev–Trinajstić information content (AvgIpc) is 3.34. The molecule has 2 aromatic heterocycles. The largest absolute Gasteiger partial charge is 0.443 e. The number of rotatable bonds is 3. The number of aromatic nitrogens is 3. The lowest BCUT2D eigenvalue weighted by molar-refractivity contribution is -0.132. The van der Waals surface area contributed by atoms with Crippen molar-refractivity contribution in [3.8, 4) is 17.2 Å². The minimum Gasteiger partial charge on any atom is -0.443 e. The predicted octanol–water partition coefficient (Wildman–Crippen LogP) is 3.13. The second-order valence-corrected chi connectivity index (χ2v) is 8.64. The minimum absolute atomic E-state index is 0.0476. The normalized spacial score (nSPS) is 16.0. The first kappa shape index (κ1) is 22.0. The van der Waals surface area contributed by atoms with Gasteiger partial charge >= 0.3 is 6.09 Å². The highest BCUT2D eigenvalue weighted by atomic mass is 16.6. The van der Waals surface area contributed by atoms with E-state index in [4.69, 9.17) is 10.00 Å². The lowest BCUT2D eigenvalue weighted by Crippen LogP contribution is -2.47. The molecular weight excluding hydrogens is 424 g/mol. The Bertz CT molecular complexity index is 1300. The lowest BCUT2D eigenvalue weighted by Gasteiger charge is -2.26. The summed E-state index contributed by atoms with van der Waals surface area (Å²) < 4.78 is 6.78. The van der Waals surface area contributed by atoms with Crippen LogP contribution in [0.15, 0.2) is 42.6 Å². The topological polar surface area (TPSA) is 130 Å². The van der Waals surface area contributed by atoms with Crippen LogP contribution < -0.4 is 5.32 Å². The molecule has 168 valence electrons. The van der Waals surface area contributed by atoms with Gasteiger partial charge in [0.05, 0.1) is 11.6 Å². The number of hydrogen-bond donors (Lipinski definition) is 1. The zero-order chi connectivity index (χ0) is 23.8. The van der Waals surface area contributed by atoms with E-state index in [9.17, 15) is 14.4 Å². The number of ether oxygens (including phenoxy) is 1. The van der Waals surface area contributed by atoms with Gasteiger partial charge in [0.2, 0.25) is 17.8 Å². The van der Waals surface area contributed by atoms with Crippen molar-refractivity contribution in [1.82, 2.24) is 19.5 Å². The summed E-state index contributed by atoms with van der Waals surface area (Å²) in [5.41, 5.74) is 1.90. The number of amides is 3. The molecule has 1 aliphatic rings. The maximum absolute atomic E-state index is 12.8. The van der Waals surface area contributed by atoms with Gasteiger partial charge in [-0.3, -0.25) is 14.9 Å². The highest BCUT2D eigenvalue weighted by Crippen LogP contribution is 2.24. The van der Waals surface area contributed by atoms with Crippen LogP contribution in [-0.2, 0) is 14.3 Å². The summed E-state index contributed by atoms with van der Waals surface area (Å²) in [4.78, 5) is 42.7. The molecule has 1 saturated heterocycles. The highest BCUT2D eigenvalue weighted by molar-refractivity contribution is 6.04. The quantitative estimate of drug-likeness (QED) is 0.654. The molecule has 1 atom stereocenters. The number of nitriles is 1. The number of nitrogens with one attached hydrogen (secondary N) is 1. The van der Waals surface area contributed by atoms with Crippen LogP contribution in [0.2, 0.25) is 0 Å². The fourth-order valence-electron chi connectivity index (χ4n) is 3.54. The third-order valence-electron chi connectivity index (χ3n) is 5.00. The summed E-state index contributed by atoms with van der Waals surface area (Å²) in [5, 5.41) is 16.0. The van der Waals surface area contributed by atoms with Crippen molar-refractivity contribution in [3.05, 3.63) is 48.2 Å². The summed E-state index contributed by atoms with van der Waals surface area (Å²) in [7, 11) is 0. The third kappa shape index (κ3) is 4.67. The second-order valence-electron chi connectivity index (χ2n) is 8.64. The first-order valence-corrected chi connectivity index (χ1v) is 10.4. The molecule has 0 unspecified atom stereocenters. The van der Waals surface area contributed by atoms with E-state index in [2.05, 4.69) is 21.5 Å². The Balaban J connectivity index is 1.53. The maximum atomic E-state index is 12.8. The molecule has 1 fully saturated rings. The average molecular weight is 446 g/mol. The number of fused-ring (bicyclic) bond motifs is 1. The maximum Gasteiger partial charge on any atom is 0.417 e. The molecule has 4 rings (SSSR count). The third-order valence-corrected chi connectivity index (χ3v) is 5.00. The molecule has 3 aromatic rings. The van der Waals surface area contributed by atoms with Crippen molar-refractivity contribution in [2.45, 2.75) is 45.3 Å². The van der Waals surface area contributed by atoms with Crippen molar-refractivity contribution in [2.75, 3.05) is 5.32 Å². The molecule has 3 heterocycles. The number of hydrogen-bond acceptors (Lipinski definition) is 7. The molecule has 33 heavy (non-hydrogen) atoms. The van der Waals surface area contributed by atoms with E-state index >= 15 is 0 Å². The standard InChI is InChI=1S/C23H22N6O4/c1-23(2,3)33-22(32)29-17(8-10-19(29)30)20(31)26-21-25-18-9-7-16(13-28(18)27-21)15-6-4-5-14(11-15)12-24/h4-7,9,11,13,17H,8,10H2,1-3H3,(H,26,27,31)/t17-/m1/s1. The van der Waals surface area contributed by atoms with Gasteiger partial charge in [0.1, 0.15) is 11.6 Å². The lowest BCUT2D eigenvalue weighted by atomic mass is 10.1. The number of imide groups is 1. The van der Waals surface area contributed by atoms with Crippen LogP contribution in [0.25, 0.3) is 16.8 Å².